The smallest absolute Gasteiger partial charge is 0.254 e. The van der Waals surface area contributed by atoms with Gasteiger partial charge in [0.1, 0.15) is 0 Å². The quantitative estimate of drug-likeness (QED) is 0.716. The molecule has 1 aliphatic rings. The van der Waals surface area contributed by atoms with Gasteiger partial charge in [-0.15, -0.1) is 0 Å². The lowest BCUT2D eigenvalue weighted by molar-refractivity contribution is 0.0363. The van der Waals surface area contributed by atoms with Crippen LogP contribution < -0.4 is 0 Å². The van der Waals surface area contributed by atoms with E-state index in [1.807, 2.05) is 56.4 Å². The van der Waals surface area contributed by atoms with Crippen molar-refractivity contribution in [1.82, 2.24) is 19.7 Å². The highest BCUT2D eigenvalue weighted by atomic mass is 16.5. The highest BCUT2D eigenvalue weighted by molar-refractivity contribution is 6.07. The molecule has 1 aromatic carbocycles. The number of amides is 1. The van der Waals surface area contributed by atoms with Crippen molar-refractivity contribution in [3.63, 3.8) is 0 Å². The van der Waals surface area contributed by atoms with E-state index in [2.05, 4.69) is 5.10 Å². The molecule has 3 aromatic rings. The molecule has 0 radical (unpaired) electrons. The Kier molecular flexibility index (Phi) is 4.66. The molecule has 1 amide bonds. The van der Waals surface area contributed by atoms with Crippen LogP contribution in [0.5, 0.6) is 0 Å². The summed E-state index contributed by atoms with van der Waals surface area (Å²) in [7, 11) is 3.77. The molecule has 2 aromatic heterocycles. The summed E-state index contributed by atoms with van der Waals surface area (Å²) in [5.74, 6) is 0.0324. The number of carbonyl (C=O) groups is 1. The second-order valence-corrected chi connectivity index (χ2v) is 7.19. The fraction of sp³-hybridized carbons (Fsp3) is 0.381. The monoisotopic (exact) mass is 364 g/mol. The van der Waals surface area contributed by atoms with Crippen LogP contribution >= 0.6 is 0 Å². The molecular weight excluding hydrogens is 340 g/mol. The van der Waals surface area contributed by atoms with Crippen LogP contribution in [0.4, 0.5) is 0 Å². The third-order valence-electron chi connectivity index (χ3n) is 5.33. The van der Waals surface area contributed by atoms with Crippen LogP contribution in [0.1, 0.15) is 28.8 Å². The number of para-hydroxylation sites is 1. The number of rotatable bonds is 3. The summed E-state index contributed by atoms with van der Waals surface area (Å²) in [4.78, 5) is 20.1. The Morgan fingerprint density at radius 1 is 1.30 bits per heavy atom. The Morgan fingerprint density at radius 2 is 2.07 bits per heavy atom. The molecule has 4 rings (SSSR count). The lowest BCUT2D eigenvalue weighted by Crippen LogP contribution is -2.40. The van der Waals surface area contributed by atoms with Gasteiger partial charge < -0.3 is 9.64 Å². The zero-order chi connectivity index (χ0) is 19.0. The minimum Gasteiger partial charge on any atom is -0.381 e. The molecule has 3 heterocycles. The van der Waals surface area contributed by atoms with E-state index in [0.717, 1.165) is 40.6 Å². The van der Waals surface area contributed by atoms with E-state index < -0.39 is 0 Å². The van der Waals surface area contributed by atoms with Crippen LogP contribution in [0.2, 0.25) is 0 Å². The topological polar surface area (TPSA) is 60.3 Å². The predicted molar refractivity (Wildman–Crippen MR) is 105 cm³/mol. The summed E-state index contributed by atoms with van der Waals surface area (Å²) in [5.41, 5.74) is 4.29. The van der Waals surface area contributed by atoms with E-state index in [4.69, 9.17) is 9.72 Å². The summed E-state index contributed by atoms with van der Waals surface area (Å²) in [6, 6.07) is 8.10. The third-order valence-corrected chi connectivity index (χ3v) is 5.33. The second-order valence-electron chi connectivity index (χ2n) is 7.19. The molecule has 0 atom stereocenters. The minimum atomic E-state index is 0.0324. The Bertz CT molecular complexity index is 989. The van der Waals surface area contributed by atoms with E-state index in [9.17, 15) is 4.79 Å². The number of hydrogen-bond donors (Lipinski definition) is 0. The van der Waals surface area contributed by atoms with Gasteiger partial charge >= 0.3 is 0 Å². The number of pyridine rings is 1. The van der Waals surface area contributed by atoms with Gasteiger partial charge in [0.05, 0.1) is 23.0 Å². The number of aromatic nitrogens is 3. The van der Waals surface area contributed by atoms with Gasteiger partial charge in [0, 0.05) is 50.5 Å². The average molecular weight is 364 g/mol. The van der Waals surface area contributed by atoms with Crippen molar-refractivity contribution >= 4 is 16.8 Å². The fourth-order valence-electron chi connectivity index (χ4n) is 3.70. The maximum atomic E-state index is 13.4. The average Bonchev–Trinajstić information content (AvgIpc) is 3.13. The van der Waals surface area contributed by atoms with E-state index in [1.165, 1.54) is 0 Å². The van der Waals surface area contributed by atoms with E-state index >= 15 is 0 Å². The van der Waals surface area contributed by atoms with Gasteiger partial charge in [-0.05, 0) is 31.4 Å². The van der Waals surface area contributed by atoms with Crippen molar-refractivity contribution in [1.29, 1.82) is 0 Å². The molecule has 1 fully saturated rings. The summed E-state index contributed by atoms with van der Waals surface area (Å²) >= 11 is 0. The predicted octanol–water partition coefficient (Wildman–Crippen LogP) is 3.19. The van der Waals surface area contributed by atoms with E-state index in [1.54, 1.807) is 10.9 Å². The molecule has 6 nitrogen and oxygen atoms in total. The van der Waals surface area contributed by atoms with Crippen LogP contribution in [0.25, 0.3) is 22.2 Å². The van der Waals surface area contributed by atoms with Gasteiger partial charge in [0.15, 0.2) is 0 Å². The van der Waals surface area contributed by atoms with Crippen molar-refractivity contribution in [2.45, 2.75) is 25.8 Å². The molecule has 0 N–H and O–H groups in total. The first-order chi connectivity index (χ1) is 13.0. The molecular formula is C21H24N4O2. The van der Waals surface area contributed by atoms with Crippen LogP contribution in [-0.2, 0) is 11.8 Å². The molecule has 1 aliphatic heterocycles. The Hall–Kier alpha value is -2.73. The SMILES string of the molecule is Cc1cccc2c(C(=O)N(C)C3CCOCC3)cc(-c3cnn(C)c3)nc12. The highest BCUT2D eigenvalue weighted by Crippen LogP contribution is 2.28. The van der Waals surface area contributed by atoms with Crippen molar-refractivity contribution in [2.75, 3.05) is 20.3 Å². The number of carbonyl (C=O) groups excluding carboxylic acids is 1. The zero-order valence-corrected chi connectivity index (χ0v) is 16.0. The maximum Gasteiger partial charge on any atom is 0.254 e. The Labute approximate surface area is 158 Å². The standard InChI is InChI=1S/C21H24N4O2/c1-14-5-4-6-17-18(21(26)25(3)16-7-9-27-10-8-16)11-19(23-20(14)17)15-12-22-24(2)13-15/h4-6,11-13,16H,7-10H2,1-3H3. The number of nitrogens with zero attached hydrogens (tertiary/aromatic N) is 4. The molecule has 0 aliphatic carbocycles. The lowest BCUT2D eigenvalue weighted by Gasteiger charge is -2.31. The number of fused-ring (bicyclic) bond motifs is 1. The number of hydrogen-bond acceptors (Lipinski definition) is 4. The molecule has 6 heteroatoms. The van der Waals surface area contributed by atoms with Crippen LogP contribution in [0.3, 0.4) is 0 Å². The second kappa shape index (κ2) is 7.12. The maximum absolute atomic E-state index is 13.4. The summed E-state index contributed by atoms with van der Waals surface area (Å²) < 4.78 is 7.19. The summed E-state index contributed by atoms with van der Waals surface area (Å²) in [6.45, 7) is 3.44. The fourth-order valence-corrected chi connectivity index (χ4v) is 3.70. The van der Waals surface area contributed by atoms with Gasteiger partial charge in [-0.1, -0.05) is 18.2 Å². The minimum absolute atomic E-state index is 0.0324. The molecule has 1 saturated heterocycles. The zero-order valence-electron chi connectivity index (χ0n) is 16.0. The molecule has 0 spiro atoms. The van der Waals surface area contributed by atoms with Crippen LogP contribution in [0.15, 0.2) is 36.7 Å². The van der Waals surface area contributed by atoms with Crippen LogP contribution in [0, 0.1) is 6.92 Å². The van der Waals surface area contributed by atoms with E-state index in [0.29, 0.717) is 18.8 Å². The Morgan fingerprint density at radius 3 is 2.78 bits per heavy atom. The number of benzene rings is 1. The summed E-state index contributed by atoms with van der Waals surface area (Å²) in [6.07, 6.45) is 5.45. The van der Waals surface area contributed by atoms with Gasteiger partial charge in [-0.3, -0.25) is 9.48 Å². The van der Waals surface area contributed by atoms with Gasteiger partial charge in [0.2, 0.25) is 0 Å². The third kappa shape index (κ3) is 3.32. The van der Waals surface area contributed by atoms with Crippen molar-refractivity contribution in [3.05, 3.63) is 47.8 Å². The highest BCUT2D eigenvalue weighted by Gasteiger charge is 2.25. The largest absolute Gasteiger partial charge is 0.381 e. The molecule has 0 unspecified atom stereocenters. The van der Waals surface area contributed by atoms with Gasteiger partial charge in [-0.2, -0.15) is 5.10 Å². The first-order valence-electron chi connectivity index (χ1n) is 9.29. The molecule has 0 bridgehead atoms. The number of aryl methyl sites for hydroxylation is 2. The first kappa shape index (κ1) is 17.7. The van der Waals surface area contributed by atoms with Gasteiger partial charge in [0.25, 0.3) is 5.91 Å². The van der Waals surface area contributed by atoms with Gasteiger partial charge in [-0.25, -0.2) is 4.98 Å². The van der Waals surface area contributed by atoms with Crippen LogP contribution in [-0.4, -0.2) is 51.9 Å². The van der Waals surface area contributed by atoms with Crippen molar-refractivity contribution in [3.8, 4) is 11.3 Å². The first-order valence-corrected chi connectivity index (χ1v) is 9.29. The van der Waals surface area contributed by atoms with Crippen molar-refractivity contribution in [2.24, 2.45) is 7.05 Å². The van der Waals surface area contributed by atoms with E-state index in [-0.39, 0.29) is 11.9 Å². The summed E-state index contributed by atoms with van der Waals surface area (Å²) in [5, 5.41) is 5.14. The normalized spacial score (nSPS) is 15.2. The Balaban J connectivity index is 1.82. The molecule has 27 heavy (non-hydrogen) atoms. The molecule has 0 saturated carbocycles. The molecule has 140 valence electrons. The lowest BCUT2D eigenvalue weighted by atomic mass is 10.0. The van der Waals surface area contributed by atoms with Crippen molar-refractivity contribution < 1.29 is 9.53 Å². The number of ether oxygens (including phenoxy) is 1.